The van der Waals surface area contributed by atoms with Crippen LogP contribution in [-0.4, -0.2) is 54.8 Å². The Morgan fingerprint density at radius 1 is 1.26 bits per heavy atom. The molecule has 0 bridgehead atoms. The number of hydrogen-bond donors (Lipinski definition) is 2. The molecule has 2 aromatic rings. The first-order valence-corrected chi connectivity index (χ1v) is 10.3. The normalized spacial score (nSPS) is 17.9. The molecule has 2 aromatic carbocycles. The van der Waals surface area contributed by atoms with Crippen LogP contribution in [0.15, 0.2) is 47.5 Å². The minimum absolute atomic E-state index is 0.150. The van der Waals surface area contributed by atoms with Crippen molar-refractivity contribution < 1.29 is 18.7 Å². The second-order valence-electron chi connectivity index (χ2n) is 7.63. The number of amides is 2. The molecule has 1 spiro atoms. The van der Waals surface area contributed by atoms with Gasteiger partial charge in [0.25, 0.3) is 5.91 Å². The third kappa shape index (κ3) is 4.70. The summed E-state index contributed by atoms with van der Waals surface area (Å²) in [5, 5.41) is 6.23. The maximum absolute atomic E-state index is 13.2. The van der Waals surface area contributed by atoms with E-state index in [1.54, 1.807) is 30.3 Å². The summed E-state index contributed by atoms with van der Waals surface area (Å²) in [6.07, 6.45) is 1.18. The van der Waals surface area contributed by atoms with Crippen LogP contribution in [0.2, 0.25) is 5.02 Å². The minimum Gasteiger partial charge on any atom is -0.495 e. The molecule has 2 aliphatic heterocycles. The van der Waals surface area contributed by atoms with Crippen LogP contribution in [-0.2, 0) is 9.59 Å². The van der Waals surface area contributed by atoms with Crippen molar-refractivity contribution in [2.24, 2.45) is 4.99 Å². The molecule has 0 aliphatic carbocycles. The zero-order chi connectivity index (χ0) is 22.0. The maximum atomic E-state index is 13.2. The van der Waals surface area contributed by atoms with E-state index in [2.05, 4.69) is 15.6 Å². The van der Waals surface area contributed by atoms with E-state index in [0.717, 1.165) is 0 Å². The van der Waals surface area contributed by atoms with Crippen molar-refractivity contribution >= 4 is 34.8 Å². The minimum atomic E-state index is -0.669. The molecule has 162 valence electrons. The highest BCUT2D eigenvalue weighted by atomic mass is 35.5. The number of hydrogen-bond acceptors (Lipinski definition) is 5. The topological polar surface area (TPSA) is 83.0 Å². The summed E-state index contributed by atoms with van der Waals surface area (Å²) >= 11 is 6.10. The Bertz CT molecular complexity index is 1030. The van der Waals surface area contributed by atoms with Crippen molar-refractivity contribution in [1.29, 1.82) is 0 Å². The zero-order valence-electron chi connectivity index (χ0n) is 17.0. The van der Waals surface area contributed by atoms with E-state index in [0.29, 0.717) is 53.7 Å². The van der Waals surface area contributed by atoms with Gasteiger partial charge in [-0.25, -0.2) is 4.39 Å². The Kier molecular flexibility index (Phi) is 5.93. The van der Waals surface area contributed by atoms with Gasteiger partial charge in [-0.3, -0.25) is 19.5 Å². The van der Waals surface area contributed by atoms with Gasteiger partial charge in [-0.1, -0.05) is 11.6 Å². The number of benzene rings is 2. The highest BCUT2D eigenvalue weighted by Gasteiger charge is 2.42. The van der Waals surface area contributed by atoms with Gasteiger partial charge < -0.3 is 15.4 Å². The molecular weight excluding hydrogens is 423 g/mol. The smallest absolute Gasteiger partial charge is 0.272 e. The van der Waals surface area contributed by atoms with E-state index in [9.17, 15) is 14.0 Å². The van der Waals surface area contributed by atoms with Crippen molar-refractivity contribution in [3.63, 3.8) is 0 Å². The van der Waals surface area contributed by atoms with Gasteiger partial charge in [0, 0.05) is 37.2 Å². The summed E-state index contributed by atoms with van der Waals surface area (Å²) in [6, 6.07) is 10.8. The molecule has 0 radical (unpaired) electrons. The molecule has 1 fully saturated rings. The molecule has 2 heterocycles. The summed E-state index contributed by atoms with van der Waals surface area (Å²) in [5.41, 5.74) is 0.844. The predicted octanol–water partition coefficient (Wildman–Crippen LogP) is 2.84. The Morgan fingerprint density at radius 3 is 2.61 bits per heavy atom. The van der Waals surface area contributed by atoms with E-state index >= 15 is 0 Å². The second kappa shape index (κ2) is 8.64. The van der Waals surface area contributed by atoms with Gasteiger partial charge in [0.15, 0.2) is 0 Å². The Balaban J connectivity index is 1.34. The van der Waals surface area contributed by atoms with Crippen LogP contribution in [0.1, 0.15) is 18.4 Å². The highest BCUT2D eigenvalue weighted by molar-refractivity contribution is 6.46. The van der Waals surface area contributed by atoms with Gasteiger partial charge in [0.2, 0.25) is 5.91 Å². The zero-order valence-corrected chi connectivity index (χ0v) is 17.7. The number of methoxy groups -OCH3 is 1. The lowest BCUT2D eigenvalue weighted by molar-refractivity contribution is -0.119. The molecule has 4 rings (SSSR count). The van der Waals surface area contributed by atoms with E-state index < -0.39 is 5.66 Å². The van der Waals surface area contributed by atoms with E-state index in [4.69, 9.17) is 16.3 Å². The molecule has 9 heteroatoms. The quantitative estimate of drug-likeness (QED) is 0.743. The SMILES string of the molecule is COc1ccc(NC(=O)CN2CCC3(CC2)N=C(c2ccc(F)cc2)C(=O)N3)cc1Cl. The number of ether oxygens (including phenoxy) is 1. The summed E-state index contributed by atoms with van der Waals surface area (Å²) in [4.78, 5) is 31.5. The average Bonchev–Trinajstić information content (AvgIpc) is 3.06. The summed E-state index contributed by atoms with van der Waals surface area (Å²) in [6.45, 7) is 1.44. The van der Waals surface area contributed by atoms with E-state index in [1.807, 2.05) is 4.90 Å². The van der Waals surface area contributed by atoms with Crippen molar-refractivity contribution in [3.8, 4) is 5.75 Å². The molecule has 0 atom stereocenters. The molecule has 2 N–H and O–H groups in total. The summed E-state index contributed by atoms with van der Waals surface area (Å²) in [7, 11) is 1.53. The number of piperidine rings is 1. The van der Waals surface area contributed by atoms with Crippen LogP contribution in [0.4, 0.5) is 10.1 Å². The number of nitrogens with one attached hydrogen (secondary N) is 2. The molecular formula is C22H22ClFN4O3. The maximum Gasteiger partial charge on any atom is 0.272 e. The van der Waals surface area contributed by atoms with E-state index in [-0.39, 0.29) is 24.2 Å². The van der Waals surface area contributed by atoms with Crippen molar-refractivity contribution in [2.45, 2.75) is 18.5 Å². The first kappa shape index (κ1) is 21.3. The number of anilines is 1. The first-order valence-electron chi connectivity index (χ1n) is 9.91. The number of aliphatic imine (C=N–C) groups is 1. The second-order valence-corrected chi connectivity index (χ2v) is 8.03. The fourth-order valence-corrected chi connectivity index (χ4v) is 4.09. The largest absolute Gasteiger partial charge is 0.495 e. The van der Waals surface area contributed by atoms with Gasteiger partial charge in [-0.2, -0.15) is 0 Å². The number of halogens is 2. The molecule has 31 heavy (non-hydrogen) atoms. The standard InChI is InChI=1S/C22H22ClFN4O3/c1-31-18-7-6-16(12-17(18)23)25-19(29)13-28-10-8-22(9-11-28)26-20(21(30)27-22)14-2-4-15(24)5-3-14/h2-7,12H,8-11,13H2,1H3,(H,25,29)(H,27,30). The van der Waals surface area contributed by atoms with Gasteiger partial charge >= 0.3 is 0 Å². The highest BCUT2D eigenvalue weighted by Crippen LogP contribution is 2.29. The van der Waals surface area contributed by atoms with Gasteiger partial charge in [0.1, 0.15) is 22.9 Å². The van der Waals surface area contributed by atoms with Crippen LogP contribution >= 0.6 is 11.6 Å². The number of nitrogens with zero attached hydrogens (tertiary/aromatic N) is 2. The van der Waals surface area contributed by atoms with Gasteiger partial charge in [0.05, 0.1) is 18.7 Å². The number of carbonyl (C=O) groups is 2. The molecule has 2 aliphatic rings. The number of likely N-dealkylation sites (tertiary alicyclic amines) is 1. The van der Waals surface area contributed by atoms with Gasteiger partial charge in [-0.15, -0.1) is 0 Å². The Morgan fingerprint density at radius 2 is 1.97 bits per heavy atom. The monoisotopic (exact) mass is 444 g/mol. The lowest BCUT2D eigenvalue weighted by Gasteiger charge is -2.36. The van der Waals surface area contributed by atoms with Crippen LogP contribution in [0, 0.1) is 5.82 Å². The van der Waals surface area contributed by atoms with Crippen LogP contribution in [0.3, 0.4) is 0 Å². The summed E-state index contributed by atoms with van der Waals surface area (Å²) in [5.74, 6) is -0.224. The predicted molar refractivity (Wildman–Crippen MR) is 116 cm³/mol. The van der Waals surface area contributed by atoms with E-state index in [1.165, 1.54) is 19.2 Å². The van der Waals surface area contributed by atoms with Crippen LogP contribution in [0.5, 0.6) is 5.75 Å². The van der Waals surface area contributed by atoms with Crippen molar-refractivity contribution in [3.05, 3.63) is 58.9 Å². The van der Waals surface area contributed by atoms with Crippen molar-refractivity contribution in [1.82, 2.24) is 10.2 Å². The Hall–Kier alpha value is -2.97. The lowest BCUT2D eigenvalue weighted by Crippen LogP contribution is -2.52. The third-order valence-corrected chi connectivity index (χ3v) is 5.79. The average molecular weight is 445 g/mol. The molecule has 0 aromatic heterocycles. The van der Waals surface area contributed by atoms with Crippen LogP contribution < -0.4 is 15.4 Å². The fourth-order valence-electron chi connectivity index (χ4n) is 3.83. The molecule has 0 unspecified atom stereocenters. The first-order chi connectivity index (χ1) is 14.9. The summed E-state index contributed by atoms with van der Waals surface area (Å²) < 4.78 is 18.3. The molecule has 0 saturated carbocycles. The van der Waals surface area contributed by atoms with Crippen LogP contribution in [0.25, 0.3) is 0 Å². The molecule has 2 amide bonds. The molecule has 1 saturated heterocycles. The fraction of sp³-hybridized carbons (Fsp3) is 0.318. The molecule has 7 nitrogen and oxygen atoms in total. The van der Waals surface area contributed by atoms with Gasteiger partial charge in [-0.05, 0) is 42.5 Å². The lowest BCUT2D eigenvalue weighted by atomic mass is 9.98. The third-order valence-electron chi connectivity index (χ3n) is 5.49. The number of carbonyl (C=O) groups excluding carboxylic acids is 2. The Labute approximate surface area is 184 Å². The number of rotatable bonds is 5. The van der Waals surface area contributed by atoms with Crippen molar-refractivity contribution in [2.75, 3.05) is 32.1 Å².